The molecule has 0 saturated heterocycles. The molecule has 0 atom stereocenters. The molecule has 1 aromatic rings. The van der Waals surface area contributed by atoms with Crippen LogP contribution in [0.2, 0.25) is 0 Å². The van der Waals surface area contributed by atoms with Gasteiger partial charge >= 0.3 is 10.1 Å². The molecule has 2 saturated carbocycles. The minimum Gasteiger partial charge on any atom is -0.744 e. The van der Waals surface area contributed by atoms with Crippen LogP contribution < -0.4 is 4.18 Å². The molecule has 8 heteroatoms. The predicted octanol–water partition coefficient (Wildman–Crippen LogP) is 3.24. The summed E-state index contributed by atoms with van der Waals surface area (Å²) in [6, 6.07) is 2.89. The number of rotatable bonds is 5. The summed E-state index contributed by atoms with van der Waals surface area (Å²) in [6.45, 7) is 0. The lowest BCUT2D eigenvalue weighted by Crippen LogP contribution is -2.14. The zero-order chi connectivity index (χ0) is 18.2. The molecular weight excluding hydrogens is 364 g/mol. The Kier molecular flexibility index (Phi) is 5.14. The van der Waals surface area contributed by atoms with Crippen molar-refractivity contribution in [2.75, 3.05) is 6.26 Å². The summed E-state index contributed by atoms with van der Waals surface area (Å²) in [6.07, 6.45) is 8.04. The molecule has 0 N–H and O–H groups in total. The average Bonchev–Trinajstić information content (AvgIpc) is 3.17. The molecule has 0 spiro atoms. The Hall–Kier alpha value is -1.12. The van der Waals surface area contributed by atoms with Crippen LogP contribution in [0.25, 0.3) is 0 Å². The van der Waals surface area contributed by atoms with Crippen molar-refractivity contribution < 1.29 is 25.6 Å². The molecular formula is C17H23O6S2-. The summed E-state index contributed by atoms with van der Waals surface area (Å²) in [4.78, 5) is -0.132. The molecule has 0 radical (unpaired) electrons. The van der Waals surface area contributed by atoms with Gasteiger partial charge in [0.1, 0.15) is 15.9 Å². The lowest BCUT2D eigenvalue weighted by Gasteiger charge is -2.25. The summed E-state index contributed by atoms with van der Waals surface area (Å²) in [5, 5.41) is 0. The number of benzene rings is 1. The van der Waals surface area contributed by atoms with Gasteiger partial charge in [0.2, 0.25) is 0 Å². The normalized spacial score (nSPS) is 20.2. The molecule has 2 fully saturated rings. The third kappa shape index (κ3) is 4.35. The van der Waals surface area contributed by atoms with Crippen molar-refractivity contribution in [2.24, 2.45) is 0 Å². The van der Waals surface area contributed by atoms with Crippen LogP contribution in [0.3, 0.4) is 0 Å². The summed E-state index contributed by atoms with van der Waals surface area (Å²) in [7, 11) is -8.39. The molecule has 2 aliphatic carbocycles. The molecule has 0 bridgehead atoms. The highest BCUT2D eigenvalue weighted by molar-refractivity contribution is 7.86. The van der Waals surface area contributed by atoms with Crippen LogP contribution in [-0.2, 0) is 20.2 Å². The van der Waals surface area contributed by atoms with Crippen molar-refractivity contribution in [2.45, 2.75) is 68.1 Å². The van der Waals surface area contributed by atoms with Crippen LogP contribution in [0.15, 0.2) is 17.0 Å². The zero-order valence-electron chi connectivity index (χ0n) is 14.2. The van der Waals surface area contributed by atoms with E-state index in [1.807, 2.05) is 0 Å². The molecule has 6 nitrogen and oxygen atoms in total. The fourth-order valence-electron chi connectivity index (χ4n) is 4.24. The first-order valence-electron chi connectivity index (χ1n) is 8.68. The maximum absolute atomic E-state index is 12.1. The topological polar surface area (TPSA) is 101 Å². The van der Waals surface area contributed by atoms with Crippen molar-refractivity contribution in [3.63, 3.8) is 0 Å². The Bertz CT molecular complexity index is 808. The Morgan fingerprint density at radius 2 is 1.28 bits per heavy atom. The van der Waals surface area contributed by atoms with E-state index in [1.54, 1.807) is 0 Å². The molecule has 0 aromatic heterocycles. The van der Waals surface area contributed by atoms with Gasteiger partial charge in [-0.3, -0.25) is 0 Å². The van der Waals surface area contributed by atoms with Gasteiger partial charge in [0.25, 0.3) is 0 Å². The SMILES string of the molecule is CS(=O)(=O)Oc1cc(C2CCCC2)c(S(=O)(=O)[O-])c(C2CCCC2)c1. The summed E-state index contributed by atoms with van der Waals surface area (Å²) < 4.78 is 64.3. The minimum atomic E-state index is -4.65. The van der Waals surface area contributed by atoms with Crippen molar-refractivity contribution >= 4 is 20.2 Å². The van der Waals surface area contributed by atoms with Crippen molar-refractivity contribution in [3.05, 3.63) is 23.3 Å². The van der Waals surface area contributed by atoms with Crippen LogP contribution in [0.5, 0.6) is 5.75 Å². The molecule has 0 unspecified atom stereocenters. The fourth-order valence-corrected chi connectivity index (χ4v) is 5.71. The molecule has 0 aliphatic heterocycles. The van der Waals surface area contributed by atoms with Crippen molar-refractivity contribution in [1.82, 2.24) is 0 Å². The van der Waals surface area contributed by atoms with E-state index in [0.29, 0.717) is 11.1 Å². The van der Waals surface area contributed by atoms with E-state index in [0.717, 1.165) is 57.6 Å². The Morgan fingerprint density at radius 1 is 0.880 bits per heavy atom. The highest BCUT2D eigenvalue weighted by Crippen LogP contribution is 2.45. The summed E-state index contributed by atoms with van der Waals surface area (Å²) in [5.41, 5.74) is 0.881. The zero-order valence-corrected chi connectivity index (χ0v) is 15.9. The summed E-state index contributed by atoms with van der Waals surface area (Å²) in [5.74, 6) is 0.0303. The largest absolute Gasteiger partial charge is 0.744 e. The molecule has 0 amide bonds. The quantitative estimate of drug-likeness (QED) is 0.568. The first kappa shape index (κ1) is 18.7. The van der Waals surface area contributed by atoms with E-state index in [4.69, 9.17) is 4.18 Å². The van der Waals surface area contributed by atoms with Gasteiger partial charge in [0, 0.05) is 0 Å². The molecule has 25 heavy (non-hydrogen) atoms. The van der Waals surface area contributed by atoms with Crippen LogP contribution >= 0.6 is 0 Å². The predicted molar refractivity (Wildman–Crippen MR) is 92.3 cm³/mol. The van der Waals surface area contributed by atoms with Gasteiger partial charge in [-0.1, -0.05) is 25.7 Å². The van der Waals surface area contributed by atoms with Gasteiger partial charge < -0.3 is 8.74 Å². The first-order valence-corrected chi connectivity index (χ1v) is 11.9. The van der Waals surface area contributed by atoms with Crippen LogP contribution in [-0.4, -0.2) is 27.6 Å². The van der Waals surface area contributed by atoms with Gasteiger partial charge in [-0.05, 0) is 60.8 Å². The van der Waals surface area contributed by atoms with Gasteiger partial charge in [0.05, 0.1) is 11.2 Å². The van der Waals surface area contributed by atoms with E-state index in [2.05, 4.69) is 0 Å². The van der Waals surface area contributed by atoms with Gasteiger partial charge in [-0.2, -0.15) is 8.42 Å². The Morgan fingerprint density at radius 3 is 1.60 bits per heavy atom. The highest BCUT2D eigenvalue weighted by atomic mass is 32.2. The van der Waals surface area contributed by atoms with E-state index >= 15 is 0 Å². The third-order valence-corrected chi connectivity index (χ3v) is 6.67. The van der Waals surface area contributed by atoms with Gasteiger partial charge in [-0.25, -0.2) is 8.42 Å². The number of hydrogen-bond donors (Lipinski definition) is 0. The summed E-state index contributed by atoms with van der Waals surface area (Å²) >= 11 is 0. The van der Waals surface area contributed by atoms with Crippen molar-refractivity contribution in [3.8, 4) is 5.75 Å². The van der Waals surface area contributed by atoms with Crippen LogP contribution in [0.4, 0.5) is 0 Å². The molecule has 140 valence electrons. The second kappa shape index (κ2) is 6.89. The molecule has 3 rings (SSSR count). The molecule has 2 aliphatic rings. The Labute approximate surface area is 149 Å². The van der Waals surface area contributed by atoms with Crippen LogP contribution in [0, 0.1) is 0 Å². The smallest absolute Gasteiger partial charge is 0.306 e. The van der Waals surface area contributed by atoms with E-state index < -0.39 is 20.2 Å². The van der Waals surface area contributed by atoms with E-state index in [-0.39, 0.29) is 22.5 Å². The van der Waals surface area contributed by atoms with Crippen molar-refractivity contribution in [1.29, 1.82) is 0 Å². The maximum atomic E-state index is 12.1. The lowest BCUT2D eigenvalue weighted by atomic mass is 9.90. The number of hydrogen-bond acceptors (Lipinski definition) is 6. The first-order chi connectivity index (χ1) is 11.6. The van der Waals surface area contributed by atoms with Crippen LogP contribution in [0.1, 0.15) is 74.3 Å². The fraction of sp³-hybridized carbons (Fsp3) is 0.647. The monoisotopic (exact) mass is 387 g/mol. The standard InChI is InChI=1S/C17H24O6S2/c1-24(18,19)23-14-10-15(12-6-2-3-7-12)17(25(20,21)22)16(11-14)13-8-4-5-9-13/h10-13H,2-9H2,1H3,(H,20,21,22)/p-1. The molecule has 0 heterocycles. The lowest BCUT2D eigenvalue weighted by molar-refractivity contribution is 0.457. The maximum Gasteiger partial charge on any atom is 0.306 e. The average molecular weight is 387 g/mol. The van der Waals surface area contributed by atoms with E-state index in [1.165, 1.54) is 12.1 Å². The minimum absolute atomic E-state index is 0.0398. The highest BCUT2D eigenvalue weighted by Gasteiger charge is 2.30. The van der Waals surface area contributed by atoms with Gasteiger partial charge in [0.15, 0.2) is 0 Å². The van der Waals surface area contributed by atoms with E-state index in [9.17, 15) is 21.4 Å². The third-order valence-electron chi connectivity index (χ3n) is 5.21. The Balaban J connectivity index is 2.21. The second-order valence-corrected chi connectivity index (χ2v) is 10.0. The van der Waals surface area contributed by atoms with Gasteiger partial charge in [-0.15, -0.1) is 0 Å². The second-order valence-electron chi connectivity index (χ2n) is 7.14. The molecule has 1 aromatic carbocycles.